The average molecular weight is 100 g/mol. The second-order valence-electron chi connectivity index (χ2n) is 1.33. The van der Waals surface area contributed by atoms with E-state index in [0.29, 0.717) is 6.54 Å². The van der Waals surface area contributed by atoms with Crippen molar-refractivity contribution < 1.29 is 6.11 Å². The zero-order chi connectivity index (χ0) is 5.82. The quantitative estimate of drug-likeness (QED) is 0.467. The van der Waals surface area contributed by atoms with Crippen LogP contribution in [0.25, 0.3) is 0 Å². The van der Waals surface area contributed by atoms with Crippen LogP contribution in [0.15, 0.2) is 12.3 Å². The summed E-state index contributed by atoms with van der Waals surface area (Å²) in [7, 11) is 0. The molecule has 0 aromatic rings. The predicted octanol–water partition coefficient (Wildman–Crippen LogP) is 0.120. The van der Waals surface area contributed by atoms with E-state index >= 15 is 0 Å². The minimum absolute atomic E-state index is 0.422. The molecule has 7 heavy (non-hydrogen) atoms. The summed E-state index contributed by atoms with van der Waals surface area (Å²) in [6.45, 7) is 1.01. The largest absolute Gasteiger partial charge is 0.500 e. The van der Waals surface area contributed by atoms with Crippen molar-refractivity contribution in [3.05, 3.63) is 12.3 Å². The zero-order valence-electron chi connectivity index (χ0n) is 5.05. The fourth-order valence-electron chi connectivity index (χ4n) is 0.433. The second-order valence-corrected chi connectivity index (χ2v) is 1.33. The van der Waals surface area contributed by atoms with Crippen molar-refractivity contribution in [1.82, 2.24) is 5.32 Å². The molecule has 0 fully saturated rings. The van der Waals surface area contributed by atoms with Crippen molar-refractivity contribution in [3.8, 4) is 0 Å². The highest BCUT2D eigenvalue weighted by Gasteiger charge is 1.86. The van der Waals surface area contributed by atoms with Gasteiger partial charge >= 0.3 is 0 Å². The third-order valence-corrected chi connectivity index (χ3v) is 0.761. The lowest BCUT2D eigenvalue weighted by Gasteiger charge is -1.93. The Morgan fingerprint density at radius 1 is 1.86 bits per heavy atom. The number of rotatable bonds is 0. The van der Waals surface area contributed by atoms with Crippen LogP contribution in [-0.2, 0) is 4.74 Å². The number of nitrogens with one attached hydrogen (secondary N) is 1. The van der Waals surface area contributed by atoms with Gasteiger partial charge in [0.05, 0.1) is 14.2 Å². The monoisotopic (exact) mass is 100 g/mol. The molecule has 2 nitrogen and oxygen atoms in total. The molecule has 0 bridgehead atoms. The smallest absolute Gasteiger partial charge is 0.0997 e. The molecule has 1 atom stereocenters. The van der Waals surface area contributed by atoms with E-state index < -0.39 is 6.58 Å². The van der Waals surface area contributed by atoms with Gasteiger partial charge in [0.2, 0.25) is 0 Å². The van der Waals surface area contributed by atoms with Gasteiger partial charge in [-0.1, -0.05) is 0 Å². The van der Waals surface area contributed by atoms with Crippen LogP contribution in [0.2, 0.25) is 0 Å². The van der Waals surface area contributed by atoms with Crippen molar-refractivity contribution in [2.24, 2.45) is 0 Å². The molecule has 0 spiro atoms. The maximum absolute atomic E-state index is 7.08. The first-order chi connectivity index (χ1) is 3.89. The Morgan fingerprint density at radius 2 is 2.86 bits per heavy atom. The Morgan fingerprint density at radius 3 is 3.86 bits per heavy atom. The number of hydrogen-bond donors (Lipinski definition) is 1. The van der Waals surface area contributed by atoms with Crippen molar-refractivity contribution in [3.63, 3.8) is 0 Å². The van der Waals surface area contributed by atoms with Gasteiger partial charge in [-0.3, -0.25) is 0 Å². The second kappa shape index (κ2) is 2.64. The Kier molecular flexibility index (Phi) is 1.32. The van der Waals surface area contributed by atoms with E-state index in [1.165, 1.54) is 0 Å². The highest BCUT2D eigenvalue weighted by molar-refractivity contribution is 4.78. The van der Waals surface area contributed by atoms with Crippen LogP contribution in [0, 0.1) is 0 Å². The standard InChI is InChI=1S/C5H9NO/c1-2-6-3-5-7-4-1/h1,4,6H,2-3,5H2/i5D. The maximum atomic E-state index is 7.08. The molecule has 0 amide bonds. The minimum atomic E-state index is -0.422. The van der Waals surface area contributed by atoms with Crippen LogP contribution in [-0.4, -0.2) is 19.7 Å². The molecule has 1 aliphatic rings. The van der Waals surface area contributed by atoms with Crippen LogP contribution in [0.3, 0.4) is 0 Å². The van der Waals surface area contributed by atoms with Gasteiger partial charge in [0.25, 0.3) is 0 Å². The molecule has 0 aromatic heterocycles. The van der Waals surface area contributed by atoms with Crippen LogP contribution in [0.5, 0.6) is 0 Å². The molecule has 1 aliphatic heterocycles. The molecular formula is C5H9NO. The zero-order valence-corrected chi connectivity index (χ0v) is 4.05. The molecule has 40 valence electrons. The average Bonchev–Trinajstić information content (AvgIpc) is 1.94. The topological polar surface area (TPSA) is 21.3 Å². The molecule has 0 aromatic carbocycles. The Bertz CT molecular complexity index is 94.4. The van der Waals surface area contributed by atoms with Gasteiger partial charge in [-0.05, 0) is 6.08 Å². The molecule has 0 radical (unpaired) electrons. The third kappa shape index (κ3) is 1.59. The molecule has 1 rings (SSSR count). The molecule has 1 heterocycles. The van der Waals surface area contributed by atoms with Gasteiger partial charge in [0, 0.05) is 13.1 Å². The van der Waals surface area contributed by atoms with E-state index in [0.717, 1.165) is 6.54 Å². The summed E-state index contributed by atoms with van der Waals surface area (Å²) in [5, 5.41) is 3.00. The van der Waals surface area contributed by atoms with Crippen molar-refractivity contribution in [2.45, 2.75) is 0 Å². The van der Waals surface area contributed by atoms with Gasteiger partial charge in [-0.25, -0.2) is 0 Å². The Balaban J connectivity index is 2.30. The van der Waals surface area contributed by atoms with Crippen LogP contribution in [0.1, 0.15) is 1.37 Å². The van der Waals surface area contributed by atoms with Gasteiger partial charge in [-0.2, -0.15) is 0 Å². The number of ether oxygens (including phenoxy) is 1. The molecule has 0 aliphatic carbocycles. The Labute approximate surface area is 44.6 Å². The predicted molar refractivity (Wildman–Crippen MR) is 28.0 cm³/mol. The van der Waals surface area contributed by atoms with Gasteiger partial charge in [0.1, 0.15) is 0 Å². The first-order valence-corrected chi connectivity index (χ1v) is 2.33. The Hall–Kier alpha value is -0.500. The van der Waals surface area contributed by atoms with Crippen molar-refractivity contribution >= 4 is 0 Å². The van der Waals surface area contributed by atoms with E-state index in [1.54, 1.807) is 6.26 Å². The van der Waals surface area contributed by atoms with Gasteiger partial charge in [0.15, 0.2) is 0 Å². The summed E-state index contributed by atoms with van der Waals surface area (Å²) in [6.07, 6.45) is 3.42. The first-order valence-electron chi connectivity index (χ1n) is 2.91. The normalized spacial score (nSPS) is 33.1. The van der Waals surface area contributed by atoms with Gasteiger partial charge < -0.3 is 10.1 Å². The van der Waals surface area contributed by atoms with Gasteiger partial charge in [-0.15, -0.1) is 0 Å². The summed E-state index contributed by atoms with van der Waals surface area (Å²) in [5.41, 5.74) is 0. The molecule has 2 heteroatoms. The van der Waals surface area contributed by atoms with E-state index in [1.807, 2.05) is 6.08 Å². The first kappa shape index (κ1) is 3.50. The molecular weight excluding hydrogens is 90.1 g/mol. The lowest BCUT2D eigenvalue weighted by atomic mass is 10.6. The third-order valence-electron chi connectivity index (χ3n) is 0.761. The van der Waals surface area contributed by atoms with E-state index in [9.17, 15) is 0 Å². The lowest BCUT2D eigenvalue weighted by molar-refractivity contribution is 0.258. The molecule has 0 saturated carbocycles. The minimum Gasteiger partial charge on any atom is -0.500 e. The fraction of sp³-hybridized carbons (Fsp3) is 0.600. The van der Waals surface area contributed by atoms with Crippen LogP contribution < -0.4 is 5.32 Å². The van der Waals surface area contributed by atoms with E-state index in [2.05, 4.69) is 5.32 Å². The summed E-state index contributed by atoms with van der Waals surface area (Å²) >= 11 is 0. The molecule has 1 N–H and O–H groups in total. The fourth-order valence-corrected chi connectivity index (χ4v) is 0.433. The molecule has 1 unspecified atom stereocenters. The van der Waals surface area contributed by atoms with Crippen molar-refractivity contribution in [2.75, 3.05) is 19.7 Å². The van der Waals surface area contributed by atoms with E-state index in [-0.39, 0.29) is 0 Å². The summed E-state index contributed by atoms with van der Waals surface area (Å²) in [4.78, 5) is 0. The summed E-state index contributed by atoms with van der Waals surface area (Å²) in [6, 6.07) is 0. The van der Waals surface area contributed by atoms with Crippen molar-refractivity contribution in [1.29, 1.82) is 0 Å². The summed E-state index contributed by atoms with van der Waals surface area (Å²) < 4.78 is 11.9. The maximum Gasteiger partial charge on any atom is 0.0997 e. The van der Waals surface area contributed by atoms with Crippen LogP contribution >= 0.6 is 0 Å². The van der Waals surface area contributed by atoms with Crippen LogP contribution in [0.4, 0.5) is 0 Å². The summed E-state index contributed by atoms with van der Waals surface area (Å²) in [5.74, 6) is 0. The highest BCUT2D eigenvalue weighted by atomic mass is 16.5. The van der Waals surface area contributed by atoms with E-state index in [4.69, 9.17) is 6.11 Å². The molecule has 0 saturated heterocycles. The number of hydrogen-bond acceptors (Lipinski definition) is 2. The highest BCUT2D eigenvalue weighted by Crippen LogP contribution is 1.79. The SMILES string of the molecule is [2H]C1CNCC=CO1. The lowest BCUT2D eigenvalue weighted by Crippen LogP contribution is -2.15.